The first-order chi connectivity index (χ1) is 15.8. The fourth-order valence-electron chi connectivity index (χ4n) is 3.32. The first-order valence-corrected chi connectivity index (χ1v) is 10.5. The Bertz CT molecular complexity index is 1380. The SMILES string of the molecule is CCc1c(C(N)=O)c(-c2ccc(Oc3ccnc(N)c3Cl)c(F)c2)nn1-c1ncccc1Cl. The first-order valence-electron chi connectivity index (χ1n) is 9.72. The molecule has 0 saturated heterocycles. The second-order valence-electron chi connectivity index (χ2n) is 6.86. The molecule has 0 radical (unpaired) electrons. The molecule has 4 N–H and O–H groups in total. The molecule has 3 heterocycles. The number of rotatable bonds is 6. The van der Waals surface area contributed by atoms with Crippen LogP contribution < -0.4 is 16.2 Å². The van der Waals surface area contributed by atoms with E-state index < -0.39 is 11.7 Å². The Morgan fingerprint density at radius 3 is 2.61 bits per heavy atom. The van der Waals surface area contributed by atoms with Gasteiger partial charge >= 0.3 is 0 Å². The van der Waals surface area contributed by atoms with E-state index in [2.05, 4.69) is 15.1 Å². The molecule has 0 bridgehead atoms. The second kappa shape index (κ2) is 9.05. The Kier molecular flexibility index (Phi) is 6.17. The summed E-state index contributed by atoms with van der Waals surface area (Å²) in [6, 6.07) is 8.91. The number of pyridine rings is 2. The van der Waals surface area contributed by atoms with Crippen molar-refractivity contribution in [2.45, 2.75) is 13.3 Å². The molecule has 11 heteroatoms. The monoisotopic (exact) mass is 486 g/mol. The van der Waals surface area contributed by atoms with Gasteiger partial charge in [-0.15, -0.1) is 0 Å². The minimum absolute atomic E-state index is 0.0584. The van der Waals surface area contributed by atoms with Crippen molar-refractivity contribution in [2.75, 3.05) is 5.73 Å². The minimum Gasteiger partial charge on any atom is -0.453 e. The van der Waals surface area contributed by atoms with Gasteiger partial charge in [0.25, 0.3) is 5.91 Å². The van der Waals surface area contributed by atoms with Gasteiger partial charge in [-0.2, -0.15) is 5.10 Å². The van der Waals surface area contributed by atoms with Crippen LogP contribution in [0.15, 0.2) is 48.8 Å². The number of halogens is 3. The normalized spacial score (nSPS) is 10.9. The number of benzene rings is 1. The van der Waals surface area contributed by atoms with Crippen LogP contribution >= 0.6 is 23.2 Å². The second-order valence-corrected chi connectivity index (χ2v) is 7.65. The highest BCUT2D eigenvalue weighted by molar-refractivity contribution is 6.34. The third-order valence-electron chi connectivity index (χ3n) is 4.81. The molecule has 1 amide bonds. The van der Waals surface area contributed by atoms with E-state index in [4.69, 9.17) is 39.4 Å². The highest BCUT2D eigenvalue weighted by Gasteiger charge is 2.25. The molecule has 4 aromatic rings. The molecule has 0 atom stereocenters. The fourth-order valence-corrected chi connectivity index (χ4v) is 3.67. The number of primary amides is 1. The van der Waals surface area contributed by atoms with Crippen molar-refractivity contribution in [1.29, 1.82) is 0 Å². The number of carbonyl (C=O) groups is 1. The summed E-state index contributed by atoms with van der Waals surface area (Å²) in [6.07, 6.45) is 3.35. The maximum absolute atomic E-state index is 15.0. The van der Waals surface area contributed by atoms with Crippen molar-refractivity contribution in [3.8, 4) is 28.6 Å². The largest absolute Gasteiger partial charge is 0.453 e. The van der Waals surface area contributed by atoms with Gasteiger partial charge in [-0.3, -0.25) is 4.79 Å². The lowest BCUT2D eigenvalue weighted by atomic mass is 10.0. The van der Waals surface area contributed by atoms with E-state index in [0.717, 1.165) is 0 Å². The molecule has 0 saturated carbocycles. The molecule has 0 spiro atoms. The Balaban J connectivity index is 1.81. The number of aromatic nitrogens is 4. The zero-order valence-electron chi connectivity index (χ0n) is 17.2. The van der Waals surface area contributed by atoms with Crippen molar-refractivity contribution in [1.82, 2.24) is 19.7 Å². The molecule has 168 valence electrons. The van der Waals surface area contributed by atoms with Crippen LogP contribution in [0, 0.1) is 5.82 Å². The fraction of sp³-hybridized carbons (Fsp3) is 0.0909. The number of hydrogen-bond donors (Lipinski definition) is 2. The number of nitrogen functional groups attached to an aromatic ring is 1. The maximum atomic E-state index is 15.0. The molecule has 3 aromatic heterocycles. The summed E-state index contributed by atoms with van der Waals surface area (Å²) in [6.45, 7) is 1.84. The number of carbonyl (C=O) groups excluding carboxylic acids is 1. The predicted octanol–water partition coefficient (Wildman–Crippen LogP) is 4.81. The number of nitrogens with zero attached hydrogens (tertiary/aromatic N) is 4. The highest BCUT2D eigenvalue weighted by Crippen LogP contribution is 2.36. The lowest BCUT2D eigenvalue weighted by molar-refractivity contribution is 0.1000. The number of amides is 1. The van der Waals surface area contributed by atoms with Crippen LogP contribution in [0.1, 0.15) is 23.0 Å². The topological polar surface area (TPSA) is 122 Å². The van der Waals surface area contributed by atoms with Crippen LogP contribution in [0.5, 0.6) is 11.5 Å². The summed E-state index contributed by atoms with van der Waals surface area (Å²) in [4.78, 5) is 20.4. The van der Waals surface area contributed by atoms with Gasteiger partial charge in [-0.25, -0.2) is 19.0 Å². The number of nitrogens with two attached hydrogens (primary N) is 2. The number of ether oxygens (including phenoxy) is 1. The average Bonchev–Trinajstić information content (AvgIpc) is 3.18. The van der Waals surface area contributed by atoms with Gasteiger partial charge in [0.15, 0.2) is 23.1 Å². The summed E-state index contributed by atoms with van der Waals surface area (Å²) in [5.41, 5.74) is 12.5. The van der Waals surface area contributed by atoms with E-state index in [-0.39, 0.29) is 33.6 Å². The van der Waals surface area contributed by atoms with Gasteiger partial charge in [0.05, 0.1) is 16.3 Å². The lowest BCUT2D eigenvalue weighted by Crippen LogP contribution is -2.15. The van der Waals surface area contributed by atoms with Gasteiger partial charge in [-0.1, -0.05) is 30.1 Å². The van der Waals surface area contributed by atoms with Crippen molar-refractivity contribution in [3.05, 3.63) is 75.9 Å². The predicted molar refractivity (Wildman–Crippen MR) is 123 cm³/mol. The van der Waals surface area contributed by atoms with E-state index in [0.29, 0.717) is 28.5 Å². The van der Waals surface area contributed by atoms with E-state index in [1.54, 1.807) is 24.4 Å². The Labute approximate surface area is 197 Å². The van der Waals surface area contributed by atoms with Crippen molar-refractivity contribution in [2.24, 2.45) is 5.73 Å². The highest BCUT2D eigenvalue weighted by atomic mass is 35.5. The molecular weight excluding hydrogens is 470 g/mol. The van der Waals surface area contributed by atoms with Gasteiger partial charge in [0, 0.05) is 24.0 Å². The van der Waals surface area contributed by atoms with Gasteiger partial charge in [-0.05, 0) is 36.8 Å². The zero-order chi connectivity index (χ0) is 23.7. The summed E-state index contributed by atoms with van der Waals surface area (Å²) in [5.74, 6) is -0.984. The number of hydrogen-bond acceptors (Lipinski definition) is 6. The summed E-state index contributed by atoms with van der Waals surface area (Å²) >= 11 is 12.4. The summed E-state index contributed by atoms with van der Waals surface area (Å²) in [5, 5.41) is 4.90. The van der Waals surface area contributed by atoms with E-state index in [1.165, 1.54) is 29.1 Å². The van der Waals surface area contributed by atoms with Crippen LogP contribution in [-0.2, 0) is 6.42 Å². The Morgan fingerprint density at radius 2 is 1.94 bits per heavy atom. The van der Waals surface area contributed by atoms with Gasteiger partial charge in [0.1, 0.15) is 16.5 Å². The molecule has 1 aromatic carbocycles. The van der Waals surface area contributed by atoms with Crippen LogP contribution in [-0.4, -0.2) is 25.7 Å². The van der Waals surface area contributed by atoms with Gasteiger partial charge < -0.3 is 16.2 Å². The first kappa shape index (κ1) is 22.5. The summed E-state index contributed by atoms with van der Waals surface area (Å²) in [7, 11) is 0. The molecule has 8 nitrogen and oxygen atoms in total. The van der Waals surface area contributed by atoms with Crippen molar-refractivity contribution >= 4 is 34.9 Å². The molecule has 0 fully saturated rings. The van der Waals surface area contributed by atoms with E-state index in [1.807, 2.05) is 6.92 Å². The molecule has 0 aliphatic rings. The van der Waals surface area contributed by atoms with Crippen molar-refractivity contribution < 1.29 is 13.9 Å². The van der Waals surface area contributed by atoms with Crippen LogP contribution in [0.4, 0.5) is 10.2 Å². The Morgan fingerprint density at radius 1 is 1.15 bits per heavy atom. The van der Waals surface area contributed by atoms with Crippen molar-refractivity contribution in [3.63, 3.8) is 0 Å². The quantitative estimate of drug-likeness (QED) is 0.403. The molecule has 0 unspecified atom stereocenters. The third kappa shape index (κ3) is 4.20. The van der Waals surface area contributed by atoms with E-state index in [9.17, 15) is 9.18 Å². The number of anilines is 1. The maximum Gasteiger partial charge on any atom is 0.252 e. The standard InChI is InChI=1S/C22H17Cl2FN6O2/c1-2-14-17(21(27)32)19(30-31(14)22-12(23)4-3-8-29-22)11-5-6-15(13(25)10-11)33-16-7-9-28-20(26)18(16)24/h3-10H,2H2,1H3,(H2,26,28)(H2,27,32). The zero-order valence-corrected chi connectivity index (χ0v) is 18.7. The van der Waals surface area contributed by atoms with Crippen LogP contribution in [0.2, 0.25) is 10.0 Å². The molecule has 0 aliphatic heterocycles. The van der Waals surface area contributed by atoms with Crippen LogP contribution in [0.3, 0.4) is 0 Å². The lowest BCUT2D eigenvalue weighted by Gasteiger charge is -2.10. The molecule has 33 heavy (non-hydrogen) atoms. The van der Waals surface area contributed by atoms with Crippen LogP contribution in [0.25, 0.3) is 17.1 Å². The summed E-state index contributed by atoms with van der Waals surface area (Å²) < 4.78 is 22.0. The third-order valence-corrected chi connectivity index (χ3v) is 5.48. The molecule has 0 aliphatic carbocycles. The average molecular weight is 487 g/mol. The minimum atomic E-state index is -0.710. The smallest absolute Gasteiger partial charge is 0.252 e. The van der Waals surface area contributed by atoms with E-state index >= 15 is 0 Å². The Hall–Kier alpha value is -3.69. The molecule has 4 rings (SSSR count). The molecular formula is C22H17Cl2FN6O2. The van der Waals surface area contributed by atoms with Gasteiger partial charge in [0.2, 0.25) is 0 Å².